The molecule has 0 aromatic rings. The summed E-state index contributed by atoms with van der Waals surface area (Å²) >= 11 is 0. The van der Waals surface area contributed by atoms with E-state index in [1.807, 2.05) is 0 Å². The number of alkyl halides is 1. The van der Waals surface area contributed by atoms with Gasteiger partial charge in [0.2, 0.25) is 0 Å². The number of hydrogen-bond acceptors (Lipinski definition) is 4. The number of halogens is 1. The van der Waals surface area contributed by atoms with Crippen molar-refractivity contribution in [2.24, 2.45) is 11.3 Å². The van der Waals surface area contributed by atoms with Gasteiger partial charge in [-0.15, -0.1) is 0 Å². The topological polar surface area (TPSA) is 60.4 Å². The molecule has 4 nitrogen and oxygen atoms in total. The normalized spacial score (nSPS) is 35.2. The van der Waals surface area contributed by atoms with Crippen molar-refractivity contribution in [1.82, 2.24) is 0 Å². The monoisotopic (exact) mass is 292 g/mol. The summed E-state index contributed by atoms with van der Waals surface area (Å²) in [6, 6.07) is 0. The van der Waals surface area contributed by atoms with Crippen molar-refractivity contribution in [3.05, 3.63) is 0 Å². The molecule has 0 bridgehead atoms. The van der Waals surface area contributed by atoms with Crippen molar-refractivity contribution < 1.29 is 22.3 Å². The molecule has 2 fully saturated rings. The van der Waals surface area contributed by atoms with Gasteiger partial charge in [0.15, 0.2) is 9.84 Å². The van der Waals surface area contributed by atoms with Crippen molar-refractivity contribution in [2.45, 2.75) is 44.7 Å². The van der Waals surface area contributed by atoms with E-state index in [2.05, 4.69) is 0 Å². The Hall–Kier alpha value is -0.650. The molecular formula is C13H21FO4S. The highest BCUT2D eigenvalue weighted by atomic mass is 32.2. The van der Waals surface area contributed by atoms with Crippen molar-refractivity contribution >= 4 is 15.8 Å². The Bertz CT molecular complexity index is 442. The van der Waals surface area contributed by atoms with Gasteiger partial charge in [0.25, 0.3) is 0 Å². The van der Waals surface area contributed by atoms with Gasteiger partial charge in [-0.25, -0.2) is 12.8 Å². The summed E-state index contributed by atoms with van der Waals surface area (Å²) < 4.78 is 42.2. The van der Waals surface area contributed by atoms with Gasteiger partial charge < -0.3 is 4.74 Å². The van der Waals surface area contributed by atoms with E-state index in [4.69, 9.17) is 4.74 Å². The van der Waals surface area contributed by atoms with Crippen LogP contribution in [0.15, 0.2) is 0 Å². The molecule has 0 amide bonds. The lowest BCUT2D eigenvalue weighted by Crippen LogP contribution is -2.50. The van der Waals surface area contributed by atoms with Crippen LogP contribution in [0.3, 0.4) is 0 Å². The van der Waals surface area contributed by atoms with Gasteiger partial charge in [-0.2, -0.15) is 0 Å². The number of hydrogen-bond donors (Lipinski definition) is 0. The molecule has 2 aliphatic rings. The zero-order chi connectivity index (χ0) is 14.1. The molecule has 1 saturated carbocycles. The molecule has 110 valence electrons. The van der Waals surface area contributed by atoms with Gasteiger partial charge in [-0.1, -0.05) is 25.7 Å². The molecule has 0 aromatic carbocycles. The number of methoxy groups -OCH3 is 1. The molecular weight excluding hydrogens is 271 g/mol. The highest BCUT2D eigenvalue weighted by Gasteiger charge is 2.53. The Kier molecular flexibility index (Phi) is 4.18. The maximum Gasteiger partial charge on any atom is 0.314 e. The highest BCUT2D eigenvalue weighted by Crippen LogP contribution is 2.45. The van der Waals surface area contributed by atoms with E-state index < -0.39 is 33.1 Å². The van der Waals surface area contributed by atoms with Crippen LogP contribution in [0.2, 0.25) is 0 Å². The molecule has 0 radical (unpaired) electrons. The van der Waals surface area contributed by atoms with E-state index in [9.17, 15) is 17.6 Å². The van der Waals surface area contributed by atoms with Gasteiger partial charge in [-0.05, 0) is 18.8 Å². The Balaban J connectivity index is 2.22. The first-order valence-electron chi connectivity index (χ1n) is 6.82. The zero-order valence-corrected chi connectivity index (χ0v) is 12.0. The summed E-state index contributed by atoms with van der Waals surface area (Å²) in [4.78, 5) is 12.0. The van der Waals surface area contributed by atoms with Gasteiger partial charge in [0.05, 0.1) is 18.6 Å². The van der Waals surface area contributed by atoms with Crippen molar-refractivity contribution in [2.75, 3.05) is 18.6 Å². The second-order valence-electron chi connectivity index (χ2n) is 5.83. The molecule has 1 aliphatic carbocycles. The third-order valence-corrected chi connectivity index (χ3v) is 6.21. The molecule has 6 heteroatoms. The lowest BCUT2D eigenvalue weighted by molar-refractivity contribution is -0.159. The van der Waals surface area contributed by atoms with Crippen molar-refractivity contribution in [3.63, 3.8) is 0 Å². The maximum absolute atomic E-state index is 14.4. The van der Waals surface area contributed by atoms with Crippen LogP contribution in [-0.4, -0.2) is 39.2 Å². The Morgan fingerprint density at radius 2 is 2.00 bits per heavy atom. The van der Waals surface area contributed by atoms with Crippen molar-refractivity contribution in [1.29, 1.82) is 0 Å². The smallest absolute Gasteiger partial charge is 0.314 e. The molecule has 0 N–H and O–H groups in total. The van der Waals surface area contributed by atoms with Crippen LogP contribution >= 0.6 is 0 Å². The number of sulfone groups is 1. The summed E-state index contributed by atoms with van der Waals surface area (Å²) in [6.07, 6.45) is 3.06. The summed E-state index contributed by atoms with van der Waals surface area (Å²) in [7, 11) is -2.12. The quantitative estimate of drug-likeness (QED) is 0.745. The van der Waals surface area contributed by atoms with E-state index in [1.165, 1.54) is 7.11 Å². The van der Waals surface area contributed by atoms with Gasteiger partial charge in [-0.3, -0.25) is 4.79 Å². The van der Waals surface area contributed by atoms with E-state index in [-0.39, 0.29) is 12.2 Å². The molecule has 1 aliphatic heterocycles. The van der Waals surface area contributed by atoms with Gasteiger partial charge >= 0.3 is 5.97 Å². The number of carbonyl (C=O) groups excluding carboxylic acids is 1. The minimum atomic E-state index is -3.36. The molecule has 19 heavy (non-hydrogen) atoms. The molecule has 0 spiro atoms. The predicted octanol–water partition coefficient (Wildman–Crippen LogP) is 1.88. The minimum Gasteiger partial charge on any atom is -0.469 e. The Morgan fingerprint density at radius 1 is 1.37 bits per heavy atom. The van der Waals surface area contributed by atoms with Crippen LogP contribution in [-0.2, 0) is 19.4 Å². The highest BCUT2D eigenvalue weighted by molar-refractivity contribution is 7.91. The van der Waals surface area contributed by atoms with Crippen LogP contribution in [0.1, 0.15) is 38.5 Å². The summed E-state index contributed by atoms with van der Waals surface area (Å²) in [6.45, 7) is 0. The van der Waals surface area contributed by atoms with Crippen LogP contribution in [0.4, 0.5) is 4.39 Å². The fraction of sp³-hybridized carbons (Fsp3) is 0.923. The standard InChI is InChI=1S/C13H21FO4S/c1-18-12(15)13(8-10-4-2-3-5-10)6-7-19(16,17)9-11(13)14/h10-11H,2-9H2,1H3. The third-order valence-electron chi connectivity index (χ3n) is 4.58. The largest absolute Gasteiger partial charge is 0.469 e. The SMILES string of the molecule is COC(=O)C1(CC2CCCC2)CCS(=O)(=O)CC1F. The lowest BCUT2D eigenvalue weighted by Gasteiger charge is -2.38. The van der Waals surface area contributed by atoms with E-state index >= 15 is 0 Å². The lowest BCUT2D eigenvalue weighted by atomic mass is 9.73. The summed E-state index contributed by atoms with van der Waals surface area (Å²) in [5.74, 6) is -0.927. The van der Waals surface area contributed by atoms with E-state index in [0.717, 1.165) is 25.7 Å². The van der Waals surface area contributed by atoms with E-state index in [1.54, 1.807) is 0 Å². The molecule has 0 aromatic heterocycles. The third kappa shape index (κ3) is 2.93. The second-order valence-corrected chi connectivity index (χ2v) is 8.06. The number of ether oxygens (including phenoxy) is 1. The molecule has 1 heterocycles. The average Bonchev–Trinajstić information content (AvgIpc) is 2.84. The fourth-order valence-electron chi connectivity index (χ4n) is 3.44. The molecule has 2 unspecified atom stereocenters. The second kappa shape index (κ2) is 5.38. The molecule has 2 rings (SSSR count). The van der Waals surface area contributed by atoms with Crippen molar-refractivity contribution in [3.8, 4) is 0 Å². The number of carbonyl (C=O) groups is 1. The number of rotatable bonds is 3. The average molecular weight is 292 g/mol. The van der Waals surface area contributed by atoms with Gasteiger partial charge in [0.1, 0.15) is 11.6 Å². The molecule has 1 saturated heterocycles. The van der Waals surface area contributed by atoms with E-state index in [0.29, 0.717) is 12.3 Å². The Morgan fingerprint density at radius 3 is 2.53 bits per heavy atom. The first-order valence-corrected chi connectivity index (χ1v) is 8.65. The van der Waals surface area contributed by atoms with Crippen LogP contribution in [0, 0.1) is 11.3 Å². The minimum absolute atomic E-state index is 0.0552. The molecule has 2 atom stereocenters. The summed E-state index contributed by atoms with van der Waals surface area (Å²) in [5, 5.41) is 0. The van der Waals surface area contributed by atoms with Crippen LogP contribution < -0.4 is 0 Å². The summed E-state index contributed by atoms with van der Waals surface area (Å²) in [5.41, 5.74) is -1.24. The Labute approximate surface area is 113 Å². The fourth-order valence-corrected chi connectivity index (χ4v) is 5.04. The predicted molar refractivity (Wildman–Crippen MR) is 69.2 cm³/mol. The number of esters is 1. The maximum atomic E-state index is 14.4. The van der Waals surface area contributed by atoms with Crippen LogP contribution in [0.25, 0.3) is 0 Å². The first kappa shape index (κ1) is 14.8. The van der Waals surface area contributed by atoms with Gasteiger partial charge in [0, 0.05) is 0 Å². The first-order chi connectivity index (χ1) is 8.89. The van der Waals surface area contributed by atoms with Crippen LogP contribution in [0.5, 0.6) is 0 Å². The zero-order valence-electron chi connectivity index (χ0n) is 11.2.